The summed E-state index contributed by atoms with van der Waals surface area (Å²) in [6.07, 6.45) is 4.70. The quantitative estimate of drug-likeness (QED) is 0.420. The van der Waals surface area contributed by atoms with Gasteiger partial charge in [-0.05, 0) is 48.4 Å². The summed E-state index contributed by atoms with van der Waals surface area (Å²) in [7, 11) is 0. The number of ether oxygens (including phenoxy) is 2. The number of aromatic nitrogens is 1. The molecule has 0 aliphatic carbocycles. The van der Waals surface area contributed by atoms with Crippen molar-refractivity contribution in [2.45, 2.75) is 39.2 Å². The molecule has 1 saturated heterocycles. The van der Waals surface area contributed by atoms with Crippen LogP contribution >= 0.6 is 11.3 Å². The molecule has 0 bridgehead atoms. The molecule has 32 heavy (non-hydrogen) atoms. The summed E-state index contributed by atoms with van der Waals surface area (Å²) in [5.74, 6) is 0.637. The highest BCUT2D eigenvalue weighted by molar-refractivity contribution is 7.22. The highest BCUT2D eigenvalue weighted by Crippen LogP contribution is 2.28. The van der Waals surface area contributed by atoms with Gasteiger partial charge in [0.15, 0.2) is 5.13 Å². The first-order chi connectivity index (χ1) is 15.7. The first kappa shape index (κ1) is 22.7. The van der Waals surface area contributed by atoms with Crippen molar-refractivity contribution in [2.24, 2.45) is 0 Å². The van der Waals surface area contributed by atoms with Crippen LogP contribution in [0.5, 0.6) is 5.75 Å². The van der Waals surface area contributed by atoms with Crippen LogP contribution in [0.25, 0.3) is 10.2 Å². The van der Waals surface area contributed by atoms with Gasteiger partial charge in [-0.2, -0.15) is 0 Å². The molecule has 0 saturated carbocycles. The molecule has 1 aromatic heterocycles. The van der Waals surface area contributed by atoms with E-state index in [0.717, 1.165) is 55.2 Å². The molecule has 2 aromatic carbocycles. The number of nitrogens with zero attached hydrogens (tertiary/aromatic N) is 2. The molecule has 0 unspecified atom stereocenters. The predicted octanol–water partition coefficient (Wildman–Crippen LogP) is 5.34. The van der Waals surface area contributed by atoms with Crippen LogP contribution in [0.3, 0.4) is 0 Å². The fourth-order valence-electron chi connectivity index (χ4n) is 3.73. The summed E-state index contributed by atoms with van der Waals surface area (Å²) in [6.45, 7) is 7.34. The van der Waals surface area contributed by atoms with Crippen LogP contribution in [0.2, 0.25) is 0 Å². The molecule has 1 N–H and O–H groups in total. The third-order valence-corrected chi connectivity index (χ3v) is 6.50. The Morgan fingerprint density at radius 3 is 2.72 bits per heavy atom. The molecular weight excluding hydrogens is 422 g/mol. The standard InChI is InChI=1S/C25H31N3O3S/c1-2-3-4-5-14-31-21-9-7-20(8-10-21)24(29)27-25-26-22-11-6-19(17-23(22)32-25)18-28-12-15-30-16-13-28/h6-11,17H,2-5,12-16,18H2,1H3,(H,26,27,29). The number of carbonyl (C=O) groups is 1. The molecule has 0 spiro atoms. The number of benzene rings is 2. The van der Waals surface area contributed by atoms with Crippen molar-refractivity contribution in [3.05, 3.63) is 53.6 Å². The molecule has 4 rings (SSSR count). The Bertz CT molecular complexity index is 1010. The van der Waals surface area contributed by atoms with Gasteiger partial charge in [0.25, 0.3) is 5.91 Å². The fourth-order valence-corrected chi connectivity index (χ4v) is 4.65. The predicted molar refractivity (Wildman–Crippen MR) is 130 cm³/mol. The largest absolute Gasteiger partial charge is 0.494 e. The second-order valence-corrected chi connectivity index (χ2v) is 9.13. The minimum absolute atomic E-state index is 0.160. The van der Waals surface area contributed by atoms with Crippen LogP contribution in [-0.2, 0) is 11.3 Å². The van der Waals surface area contributed by atoms with E-state index in [9.17, 15) is 4.79 Å². The van der Waals surface area contributed by atoms with E-state index in [4.69, 9.17) is 9.47 Å². The molecule has 0 radical (unpaired) electrons. The minimum atomic E-state index is -0.160. The van der Waals surface area contributed by atoms with Gasteiger partial charge in [0, 0.05) is 25.2 Å². The van der Waals surface area contributed by atoms with E-state index in [1.54, 1.807) is 12.1 Å². The van der Waals surface area contributed by atoms with Crippen molar-refractivity contribution >= 4 is 32.6 Å². The van der Waals surface area contributed by atoms with Gasteiger partial charge in [0.2, 0.25) is 0 Å². The van der Waals surface area contributed by atoms with Gasteiger partial charge in [-0.15, -0.1) is 0 Å². The highest BCUT2D eigenvalue weighted by atomic mass is 32.1. The third-order valence-electron chi connectivity index (χ3n) is 5.57. The van der Waals surface area contributed by atoms with Crippen molar-refractivity contribution < 1.29 is 14.3 Å². The molecule has 1 amide bonds. The topological polar surface area (TPSA) is 63.7 Å². The number of anilines is 1. The lowest BCUT2D eigenvalue weighted by molar-refractivity contribution is 0.0342. The maximum Gasteiger partial charge on any atom is 0.257 e. The van der Waals surface area contributed by atoms with Gasteiger partial charge in [-0.3, -0.25) is 15.0 Å². The van der Waals surface area contributed by atoms with Gasteiger partial charge in [0.1, 0.15) is 5.75 Å². The lowest BCUT2D eigenvalue weighted by atomic mass is 10.2. The smallest absolute Gasteiger partial charge is 0.257 e. The Balaban J connectivity index is 1.32. The Morgan fingerprint density at radius 2 is 1.94 bits per heavy atom. The summed E-state index contributed by atoms with van der Waals surface area (Å²) in [5, 5.41) is 3.55. The molecule has 2 heterocycles. The van der Waals surface area contributed by atoms with Gasteiger partial charge < -0.3 is 9.47 Å². The molecular formula is C25H31N3O3S. The fraction of sp³-hybridized carbons (Fsp3) is 0.440. The first-order valence-electron chi connectivity index (χ1n) is 11.4. The second-order valence-electron chi connectivity index (χ2n) is 8.10. The van der Waals surface area contributed by atoms with Gasteiger partial charge >= 0.3 is 0 Å². The zero-order valence-corrected chi connectivity index (χ0v) is 19.5. The van der Waals surface area contributed by atoms with Crippen molar-refractivity contribution in [1.29, 1.82) is 0 Å². The number of morpholine rings is 1. The van der Waals surface area contributed by atoms with E-state index in [1.165, 1.54) is 36.2 Å². The summed E-state index contributed by atoms with van der Waals surface area (Å²) >= 11 is 1.51. The lowest BCUT2D eigenvalue weighted by Crippen LogP contribution is -2.35. The summed E-state index contributed by atoms with van der Waals surface area (Å²) in [4.78, 5) is 19.6. The summed E-state index contributed by atoms with van der Waals surface area (Å²) in [5.41, 5.74) is 2.75. The highest BCUT2D eigenvalue weighted by Gasteiger charge is 2.13. The second kappa shape index (κ2) is 11.4. The lowest BCUT2D eigenvalue weighted by Gasteiger charge is -2.26. The Kier molecular flexibility index (Phi) is 8.09. The van der Waals surface area contributed by atoms with E-state index < -0.39 is 0 Å². The number of hydrogen-bond donors (Lipinski definition) is 1. The van der Waals surface area contributed by atoms with Crippen LogP contribution in [0.4, 0.5) is 5.13 Å². The van der Waals surface area contributed by atoms with Gasteiger partial charge in [-0.25, -0.2) is 4.98 Å². The molecule has 1 aliphatic rings. The first-order valence-corrected chi connectivity index (χ1v) is 12.3. The Hall–Kier alpha value is -2.48. The number of unbranched alkanes of at least 4 members (excludes halogenated alkanes) is 3. The van der Waals surface area contributed by atoms with E-state index in [-0.39, 0.29) is 5.91 Å². The number of carbonyl (C=O) groups excluding carboxylic acids is 1. The van der Waals surface area contributed by atoms with Crippen molar-refractivity contribution in [2.75, 3.05) is 38.2 Å². The van der Waals surface area contributed by atoms with E-state index in [2.05, 4.69) is 34.3 Å². The normalized spacial score (nSPS) is 14.5. The molecule has 170 valence electrons. The third kappa shape index (κ3) is 6.28. The Morgan fingerprint density at radius 1 is 1.12 bits per heavy atom. The maximum absolute atomic E-state index is 12.7. The average Bonchev–Trinajstić information content (AvgIpc) is 3.21. The molecule has 3 aromatic rings. The number of thiazole rings is 1. The molecule has 1 fully saturated rings. The number of fused-ring (bicyclic) bond motifs is 1. The molecule has 1 aliphatic heterocycles. The Labute approximate surface area is 193 Å². The molecule has 7 heteroatoms. The molecule has 0 atom stereocenters. The zero-order chi connectivity index (χ0) is 22.2. The maximum atomic E-state index is 12.7. The zero-order valence-electron chi connectivity index (χ0n) is 18.6. The van der Waals surface area contributed by atoms with Crippen LogP contribution in [-0.4, -0.2) is 48.7 Å². The van der Waals surface area contributed by atoms with Crippen molar-refractivity contribution in [3.8, 4) is 5.75 Å². The summed E-state index contributed by atoms with van der Waals surface area (Å²) < 4.78 is 12.3. The van der Waals surface area contributed by atoms with E-state index >= 15 is 0 Å². The van der Waals surface area contributed by atoms with Gasteiger partial charge in [0.05, 0.1) is 30.0 Å². The van der Waals surface area contributed by atoms with Crippen LogP contribution in [0.1, 0.15) is 48.5 Å². The van der Waals surface area contributed by atoms with Crippen molar-refractivity contribution in [1.82, 2.24) is 9.88 Å². The van der Waals surface area contributed by atoms with Crippen molar-refractivity contribution in [3.63, 3.8) is 0 Å². The number of hydrogen-bond acceptors (Lipinski definition) is 6. The average molecular weight is 454 g/mol. The van der Waals surface area contributed by atoms with E-state index in [0.29, 0.717) is 17.3 Å². The SMILES string of the molecule is CCCCCCOc1ccc(C(=O)Nc2nc3ccc(CN4CCOCC4)cc3s2)cc1. The minimum Gasteiger partial charge on any atom is -0.494 e. The summed E-state index contributed by atoms with van der Waals surface area (Å²) in [6, 6.07) is 13.6. The number of amides is 1. The number of rotatable bonds is 10. The van der Waals surface area contributed by atoms with Crippen LogP contribution < -0.4 is 10.1 Å². The number of nitrogens with one attached hydrogen (secondary N) is 1. The van der Waals surface area contributed by atoms with E-state index in [1.807, 2.05) is 18.2 Å². The molecule has 6 nitrogen and oxygen atoms in total. The van der Waals surface area contributed by atoms with Crippen LogP contribution in [0.15, 0.2) is 42.5 Å². The van der Waals surface area contributed by atoms with Crippen LogP contribution in [0, 0.1) is 0 Å². The monoisotopic (exact) mass is 453 g/mol. The van der Waals surface area contributed by atoms with Gasteiger partial charge in [-0.1, -0.05) is 43.6 Å².